The number of aliphatic hydroxyl groups excluding tert-OH is 1. The van der Waals surface area contributed by atoms with E-state index < -0.39 is 0 Å². The predicted molar refractivity (Wildman–Crippen MR) is 62.5 cm³/mol. The summed E-state index contributed by atoms with van der Waals surface area (Å²) in [4.78, 5) is 0. The summed E-state index contributed by atoms with van der Waals surface area (Å²) in [6, 6.07) is 0.813. The normalized spacial score (nSPS) is 15.9. The summed E-state index contributed by atoms with van der Waals surface area (Å²) in [5.41, 5.74) is 0. The number of rotatable bonds is 8. The van der Waals surface area contributed by atoms with Crippen molar-refractivity contribution in [3.63, 3.8) is 0 Å². The van der Waals surface area contributed by atoms with Crippen molar-refractivity contribution in [2.45, 2.75) is 65.5 Å². The van der Waals surface area contributed by atoms with E-state index in [0.29, 0.717) is 12.0 Å². The fourth-order valence-corrected chi connectivity index (χ4v) is 1.76. The molecule has 0 bridgehead atoms. The maximum absolute atomic E-state index is 9.19. The van der Waals surface area contributed by atoms with Crippen LogP contribution in [-0.4, -0.2) is 23.8 Å². The van der Waals surface area contributed by atoms with E-state index in [1.165, 1.54) is 19.3 Å². The second-order valence-electron chi connectivity index (χ2n) is 4.72. The quantitative estimate of drug-likeness (QED) is 0.632. The van der Waals surface area contributed by atoms with E-state index in [9.17, 15) is 5.11 Å². The first-order chi connectivity index (χ1) is 6.60. The van der Waals surface area contributed by atoms with Gasteiger partial charge in [0.1, 0.15) is 0 Å². The van der Waals surface area contributed by atoms with E-state index in [2.05, 4.69) is 33.0 Å². The molecule has 0 aromatic rings. The van der Waals surface area contributed by atoms with Crippen molar-refractivity contribution in [1.29, 1.82) is 0 Å². The van der Waals surface area contributed by atoms with Gasteiger partial charge in [-0.25, -0.2) is 0 Å². The highest BCUT2D eigenvalue weighted by Gasteiger charge is 2.12. The number of nitrogens with one attached hydrogen (secondary N) is 1. The summed E-state index contributed by atoms with van der Waals surface area (Å²) in [5, 5.41) is 12.7. The lowest BCUT2D eigenvalue weighted by atomic mass is 10.0. The van der Waals surface area contributed by atoms with Gasteiger partial charge >= 0.3 is 0 Å². The highest BCUT2D eigenvalue weighted by molar-refractivity contribution is 4.71. The van der Waals surface area contributed by atoms with E-state index in [1.54, 1.807) is 0 Å². The minimum atomic E-state index is 0.259. The Morgan fingerprint density at radius 1 is 1.21 bits per heavy atom. The van der Waals surface area contributed by atoms with Crippen LogP contribution in [0.25, 0.3) is 0 Å². The summed E-state index contributed by atoms with van der Waals surface area (Å²) < 4.78 is 0. The van der Waals surface area contributed by atoms with Crippen LogP contribution < -0.4 is 5.32 Å². The summed E-state index contributed by atoms with van der Waals surface area (Å²) in [7, 11) is 0. The minimum Gasteiger partial charge on any atom is -0.395 e. The molecule has 0 saturated carbocycles. The van der Waals surface area contributed by atoms with Crippen LogP contribution in [0.1, 0.15) is 53.4 Å². The Hall–Kier alpha value is -0.0800. The molecule has 2 unspecified atom stereocenters. The maximum Gasteiger partial charge on any atom is 0.0584 e. The smallest absolute Gasteiger partial charge is 0.0584 e. The van der Waals surface area contributed by atoms with E-state index in [-0.39, 0.29) is 12.6 Å². The topological polar surface area (TPSA) is 32.3 Å². The molecular weight excluding hydrogens is 174 g/mol. The molecule has 0 spiro atoms. The van der Waals surface area contributed by atoms with Gasteiger partial charge in [-0.05, 0) is 25.7 Å². The summed E-state index contributed by atoms with van der Waals surface area (Å²) in [6.07, 6.45) is 4.80. The molecule has 2 nitrogen and oxygen atoms in total. The van der Waals surface area contributed by atoms with Crippen molar-refractivity contribution in [2.75, 3.05) is 6.61 Å². The van der Waals surface area contributed by atoms with Crippen LogP contribution in [-0.2, 0) is 0 Å². The third kappa shape index (κ3) is 7.34. The Morgan fingerprint density at radius 3 is 2.29 bits per heavy atom. The third-order valence-electron chi connectivity index (χ3n) is 2.49. The van der Waals surface area contributed by atoms with Crippen LogP contribution in [0, 0.1) is 5.92 Å². The van der Waals surface area contributed by atoms with Crippen LogP contribution >= 0.6 is 0 Å². The summed E-state index contributed by atoms with van der Waals surface area (Å²) in [6.45, 7) is 9.07. The average Bonchev–Trinajstić information content (AvgIpc) is 2.12. The van der Waals surface area contributed by atoms with Gasteiger partial charge in [0.15, 0.2) is 0 Å². The molecule has 0 aliphatic rings. The van der Waals surface area contributed by atoms with Gasteiger partial charge in [-0.15, -0.1) is 0 Å². The molecule has 0 aromatic heterocycles. The van der Waals surface area contributed by atoms with Crippen molar-refractivity contribution >= 4 is 0 Å². The van der Waals surface area contributed by atoms with E-state index >= 15 is 0 Å². The monoisotopic (exact) mass is 201 g/mol. The first-order valence-electron chi connectivity index (χ1n) is 5.97. The molecule has 2 atom stereocenters. The van der Waals surface area contributed by atoms with Crippen molar-refractivity contribution in [3.05, 3.63) is 0 Å². The maximum atomic E-state index is 9.19. The van der Waals surface area contributed by atoms with Gasteiger partial charge < -0.3 is 10.4 Å². The zero-order valence-corrected chi connectivity index (χ0v) is 10.2. The summed E-state index contributed by atoms with van der Waals surface area (Å²) in [5.74, 6) is 0.651. The molecule has 0 heterocycles. The zero-order chi connectivity index (χ0) is 11.0. The van der Waals surface area contributed by atoms with E-state index in [0.717, 1.165) is 6.42 Å². The second kappa shape index (κ2) is 8.25. The number of hydrogen-bond acceptors (Lipinski definition) is 2. The van der Waals surface area contributed by atoms with Crippen molar-refractivity contribution in [2.24, 2.45) is 5.92 Å². The Balaban J connectivity index is 3.68. The molecule has 2 heteroatoms. The number of hydrogen-bond donors (Lipinski definition) is 2. The first-order valence-corrected chi connectivity index (χ1v) is 5.97. The Kier molecular flexibility index (Phi) is 8.20. The molecular formula is C12H27NO. The molecule has 0 radical (unpaired) electrons. The highest BCUT2D eigenvalue weighted by Crippen LogP contribution is 2.07. The molecule has 0 aliphatic carbocycles. The molecule has 0 aliphatic heterocycles. The van der Waals surface area contributed by atoms with Gasteiger partial charge in [0.05, 0.1) is 6.61 Å². The zero-order valence-electron chi connectivity index (χ0n) is 10.2. The fourth-order valence-electron chi connectivity index (χ4n) is 1.76. The van der Waals surface area contributed by atoms with Crippen LogP contribution in [0.5, 0.6) is 0 Å². The Morgan fingerprint density at radius 2 is 1.86 bits per heavy atom. The standard InChI is InChI=1S/C12H27NO/c1-5-6-7-11(4)13-12(9-14)8-10(2)3/h10-14H,5-9H2,1-4H3. The molecule has 0 rings (SSSR count). The molecule has 0 amide bonds. The van der Waals surface area contributed by atoms with Gasteiger partial charge in [-0.1, -0.05) is 33.6 Å². The van der Waals surface area contributed by atoms with Gasteiger partial charge in [-0.2, -0.15) is 0 Å². The lowest BCUT2D eigenvalue weighted by Crippen LogP contribution is -2.39. The van der Waals surface area contributed by atoms with Crippen molar-refractivity contribution in [3.8, 4) is 0 Å². The van der Waals surface area contributed by atoms with Gasteiger partial charge in [0.2, 0.25) is 0 Å². The highest BCUT2D eigenvalue weighted by atomic mass is 16.3. The molecule has 0 aromatic carbocycles. The van der Waals surface area contributed by atoms with Gasteiger partial charge in [0, 0.05) is 12.1 Å². The van der Waals surface area contributed by atoms with Crippen LogP contribution in [0.4, 0.5) is 0 Å². The second-order valence-corrected chi connectivity index (χ2v) is 4.72. The van der Waals surface area contributed by atoms with Crippen molar-refractivity contribution in [1.82, 2.24) is 5.32 Å². The molecule has 0 fully saturated rings. The molecule has 14 heavy (non-hydrogen) atoms. The first kappa shape index (κ1) is 13.9. The van der Waals surface area contributed by atoms with E-state index in [4.69, 9.17) is 0 Å². The summed E-state index contributed by atoms with van der Waals surface area (Å²) >= 11 is 0. The van der Waals surface area contributed by atoms with Crippen LogP contribution in [0.2, 0.25) is 0 Å². The lowest BCUT2D eigenvalue weighted by Gasteiger charge is -2.23. The van der Waals surface area contributed by atoms with Gasteiger partial charge in [-0.3, -0.25) is 0 Å². The third-order valence-corrected chi connectivity index (χ3v) is 2.49. The molecule has 2 N–H and O–H groups in total. The van der Waals surface area contributed by atoms with Crippen LogP contribution in [0.3, 0.4) is 0 Å². The fraction of sp³-hybridized carbons (Fsp3) is 1.00. The molecule has 0 saturated heterocycles. The number of unbranched alkanes of at least 4 members (excludes halogenated alkanes) is 1. The molecule has 86 valence electrons. The minimum absolute atomic E-state index is 0.259. The van der Waals surface area contributed by atoms with Crippen molar-refractivity contribution < 1.29 is 5.11 Å². The van der Waals surface area contributed by atoms with E-state index in [1.807, 2.05) is 0 Å². The van der Waals surface area contributed by atoms with Gasteiger partial charge in [0.25, 0.3) is 0 Å². The largest absolute Gasteiger partial charge is 0.395 e. The van der Waals surface area contributed by atoms with Crippen LogP contribution in [0.15, 0.2) is 0 Å². The Bertz CT molecular complexity index is 125. The Labute approximate surface area is 89.1 Å². The average molecular weight is 201 g/mol. The predicted octanol–water partition coefficient (Wildman–Crippen LogP) is 2.56. The SMILES string of the molecule is CCCCC(C)NC(CO)CC(C)C. The lowest BCUT2D eigenvalue weighted by molar-refractivity contribution is 0.212. The number of aliphatic hydroxyl groups is 1.